The van der Waals surface area contributed by atoms with E-state index >= 15 is 0 Å². The third-order valence-electron chi connectivity index (χ3n) is 3.29. The lowest BCUT2D eigenvalue weighted by Crippen LogP contribution is -2.04. The van der Waals surface area contributed by atoms with Crippen LogP contribution < -0.4 is 4.74 Å². The van der Waals surface area contributed by atoms with Gasteiger partial charge in [-0.1, -0.05) is 25.0 Å². The summed E-state index contributed by atoms with van der Waals surface area (Å²) in [7, 11) is 1.40. The zero-order chi connectivity index (χ0) is 15.3. The van der Waals surface area contributed by atoms with Crippen LogP contribution in [-0.4, -0.2) is 31.4 Å². The second kappa shape index (κ2) is 11.1. The lowest BCUT2D eigenvalue weighted by Gasteiger charge is -2.08. The zero-order valence-corrected chi connectivity index (χ0v) is 12.8. The van der Waals surface area contributed by atoms with Crippen LogP contribution in [0.15, 0.2) is 24.3 Å². The Morgan fingerprint density at radius 3 is 2.71 bits per heavy atom. The summed E-state index contributed by atoms with van der Waals surface area (Å²) in [5.41, 5.74) is 1.27. The first-order valence-electron chi connectivity index (χ1n) is 7.65. The molecule has 0 atom stereocenters. The minimum atomic E-state index is -0.199. The van der Waals surface area contributed by atoms with Gasteiger partial charge >= 0.3 is 5.97 Å². The van der Waals surface area contributed by atoms with Gasteiger partial charge < -0.3 is 14.6 Å². The molecule has 0 saturated carbocycles. The zero-order valence-electron chi connectivity index (χ0n) is 12.8. The summed E-state index contributed by atoms with van der Waals surface area (Å²) in [5.74, 6) is 0.656. The van der Waals surface area contributed by atoms with Crippen LogP contribution in [0.3, 0.4) is 0 Å². The van der Waals surface area contributed by atoms with Gasteiger partial charge in [0.25, 0.3) is 0 Å². The molecule has 0 amide bonds. The van der Waals surface area contributed by atoms with Crippen molar-refractivity contribution in [1.29, 1.82) is 0 Å². The summed E-state index contributed by atoms with van der Waals surface area (Å²) in [5, 5.41) is 8.73. The Morgan fingerprint density at radius 2 is 1.95 bits per heavy atom. The number of aryl methyl sites for hydroxylation is 1. The molecule has 118 valence electrons. The third-order valence-corrected chi connectivity index (χ3v) is 3.29. The predicted molar refractivity (Wildman–Crippen MR) is 82.4 cm³/mol. The predicted octanol–water partition coefficient (Wildman–Crippen LogP) is 3.11. The van der Waals surface area contributed by atoms with Crippen molar-refractivity contribution >= 4 is 5.97 Å². The average Bonchev–Trinajstić information content (AvgIpc) is 2.51. The van der Waals surface area contributed by atoms with Gasteiger partial charge in [-0.2, -0.15) is 0 Å². The number of esters is 1. The number of methoxy groups -OCH3 is 1. The van der Waals surface area contributed by atoms with Gasteiger partial charge in [0, 0.05) is 13.0 Å². The first-order chi connectivity index (χ1) is 10.3. The fourth-order valence-corrected chi connectivity index (χ4v) is 2.09. The summed E-state index contributed by atoms with van der Waals surface area (Å²) in [6.45, 7) is 0.809. The topological polar surface area (TPSA) is 55.8 Å². The van der Waals surface area contributed by atoms with E-state index in [0.29, 0.717) is 19.4 Å². The van der Waals surface area contributed by atoms with Crippen molar-refractivity contribution < 1.29 is 19.4 Å². The van der Waals surface area contributed by atoms with Gasteiger partial charge in [0.2, 0.25) is 0 Å². The molecule has 21 heavy (non-hydrogen) atoms. The molecule has 4 nitrogen and oxygen atoms in total. The van der Waals surface area contributed by atoms with E-state index in [9.17, 15) is 4.79 Å². The molecule has 0 spiro atoms. The molecule has 0 aromatic heterocycles. The van der Waals surface area contributed by atoms with E-state index in [1.54, 1.807) is 0 Å². The van der Waals surface area contributed by atoms with E-state index in [0.717, 1.165) is 37.9 Å². The lowest BCUT2D eigenvalue weighted by atomic mass is 10.1. The summed E-state index contributed by atoms with van der Waals surface area (Å²) in [6.07, 6.45) is 6.34. The van der Waals surface area contributed by atoms with Gasteiger partial charge in [-0.05, 0) is 43.4 Å². The fourth-order valence-electron chi connectivity index (χ4n) is 2.09. The van der Waals surface area contributed by atoms with Crippen LogP contribution >= 0.6 is 0 Å². The van der Waals surface area contributed by atoms with Gasteiger partial charge in [-0.3, -0.25) is 4.79 Å². The molecular weight excluding hydrogens is 268 g/mol. The highest BCUT2D eigenvalue weighted by Crippen LogP contribution is 2.16. The fraction of sp³-hybridized carbons (Fsp3) is 0.588. The molecule has 0 aliphatic heterocycles. The van der Waals surface area contributed by atoms with Crippen molar-refractivity contribution in [2.45, 2.75) is 44.9 Å². The summed E-state index contributed by atoms with van der Waals surface area (Å²) < 4.78 is 10.2. The SMILES string of the molecule is COC(=O)CCCOc1cccc(CCCCCCO)c1. The highest BCUT2D eigenvalue weighted by atomic mass is 16.5. The quantitative estimate of drug-likeness (QED) is 0.503. The standard InChI is InChI=1S/C17H26O4/c1-20-17(19)11-7-13-21-16-10-6-9-15(14-16)8-4-2-3-5-12-18/h6,9-10,14,18H,2-5,7-8,11-13H2,1H3. The van der Waals surface area contributed by atoms with Crippen LogP contribution in [0.25, 0.3) is 0 Å². The molecule has 0 aliphatic carbocycles. The van der Waals surface area contributed by atoms with Crippen LogP contribution in [-0.2, 0) is 16.0 Å². The highest BCUT2D eigenvalue weighted by Gasteiger charge is 2.01. The largest absolute Gasteiger partial charge is 0.494 e. The van der Waals surface area contributed by atoms with Crippen molar-refractivity contribution in [3.63, 3.8) is 0 Å². The van der Waals surface area contributed by atoms with Crippen LogP contribution in [0.2, 0.25) is 0 Å². The Balaban J connectivity index is 2.23. The molecule has 1 aromatic carbocycles. The molecule has 1 N–H and O–H groups in total. The van der Waals surface area contributed by atoms with E-state index in [2.05, 4.69) is 16.9 Å². The van der Waals surface area contributed by atoms with Crippen molar-refractivity contribution in [3.8, 4) is 5.75 Å². The maximum atomic E-state index is 11.0. The molecular formula is C17H26O4. The molecule has 0 fully saturated rings. The minimum absolute atomic E-state index is 0.199. The first kappa shape index (κ1) is 17.5. The third kappa shape index (κ3) is 8.35. The van der Waals surface area contributed by atoms with E-state index in [1.807, 2.05) is 12.1 Å². The molecule has 0 heterocycles. The number of ether oxygens (including phenoxy) is 2. The van der Waals surface area contributed by atoms with Crippen LogP contribution in [0, 0.1) is 0 Å². The summed E-state index contributed by atoms with van der Waals surface area (Å²) in [6, 6.07) is 8.10. The second-order valence-electron chi connectivity index (χ2n) is 5.06. The van der Waals surface area contributed by atoms with Gasteiger partial charge in [-0.25, -0.2) is 0 Å². The molecule has 0 saturated heterocycles. The number of rotatable bonds is 11. The van der Waals surface area contributed by atoms with E-state index in [-0.39, 0.29) is 12.6 Å². The van der Waals surface area contributed by atoms with Crippen molar-refractivity contribution in [2.75, 3.05) is 20.3 Å². The van der Waals surface area contributed by atoms with Crippen LogP contribution in [0.5, 0.6) is 5.75 Å². The number of aliphatic hydroxyl groups is 1. The number of carbonyl (C=O) groups excluding carboxylic acids is 1. The summed E-state index contributed by atoms with van der Waals surface area (Å²) >= 11 is 0. The Bertz CT molecular complexity index is 404. The Morgan fingerprint density at radius 1 is 1.14 bits per heavy atom. The van der Waals surface area contributed by atoms with Crippen molar-refractivity contribution in [2.24, 2.45) is 0 Å². The molecule has 0 bridgehead atoms. The number of aliphatic hydroxyl groups excluding tert-OH is 1. The van der Waals surface area contributed by atoms with Gasteiger partial charge in [0.05, 0.1) is 13.7 Å². The number of benzene rings is 1. The van der Waals surface area contributed by atoms with Gasteiger partial charge in [0.1, 0.15) is 5.75 Å². The smallest absolute Gasteiger partial charge is 0.305 e. The van der Waals surface area contributed by atoms with E-state index in [1.165, 1.54) is 12.7 Å². The maximum Gasteiger partial charge on any atom is 0.305 e. The number of unbranched alkanes of at least 4 members (excludes halogenated alkanes) is 3. The molecule has 0 aliphatic rings. The molecule has 1 rings (SSSR count). The van der Waals surface area contributed by atoms with Crippen molar-refractivity contribution in [1.82, 2.24) is 0 Å². The minimum Gasteiger partial charge on any atom is -0.494 e. The Labute approximate surface area is 127 Å². The normalized spacial score (nSPS) is 10.4. The van der Waals surface area contributed by atoms with Gasteiger partial charge in [-0.15, -0.1) is 0 Å². The van der Waals surface area contributed by atoms with Crippen LogP contribution in [0.1, 0.15) is 44.1 Å². The Hall–Kier alpha value is -1.55. The molecule has 0 radical (unpaired) electrons. The highest BCUT2D eigenvalue weighted by molar-refractivity contribution is 5.69. The number of carbonyl (C=O) groups is 1. The number of hydrogen-bond donors (Lipinski definition) is 1. The number of hydrogen-bond acceptors (Lipinski definition) is 4. The first-order valence-corrected chi connectivity index (χ1v) is 7.65. The Kier molecular flexibility index (Phi) is 9.29. The maximum absolute atomic E-state index is 11.0. The second-order valence-corrected chi connectivity index (χ2v) is 5.06. The summed E-state index contributed by atoms with van der Waals surface area (Å²) in [4.78, 5) is 11.0. The van der Waals surface area contributed by atoms with Crippen molar-refractivity contribution in [3.05, 3.63) is 29.8 Å². The molecule has 4 heteroatoms. The van der Waals surface area contributed by atoms with Crippen LogP contribution in [0.4, 0.5) is 0 Å². The molecule has 0 unspecified atom stereocenters. The lowest BCUT2D eigenvalue weighted by molar-refractivity contribution is -0.140. The monoisotopic (exact) mass is 294 g/mol. The van der Waals surface area contributed by atoms with E-state index < -0.39 is 0 Å². The van der Waals surface area contributed by atoms with E-state index in [4.69, 9.17) is 9.84 Å². The van der Waals surface area contributed by atoms with Gasteiger partial charge in [0.15, 0.2) is 0 Å². The molecule has 1 aromatic rings. The average molecular weight is 294 g/mol.